The lowest BCUT2D eigenvalue weighted by molar-refractivity contribution is -0.00482. The van der Waals surface area contributed by atoms with Gasteiger partial charge in [-0.05, 0) is 35.3 Å². The van der Waals surface area contributed by atoms with Gasteiger partial charge in [0, 0.05) is 23.8 Å². The van der Waals surface area contributed by atoms with Crippen molar-refractivity contribution in [3.63, 3.8) is 0 Å². The zero-order valence-corrected chi connectivity index (χ0v) is 14.5. The van der Waals surface area contributed by atoms with Gasteiger partial charge in [-0.1, -0.05) is 45.9 Å². The molecule has 0 aliphatic carbocycles. The summed E-state index contributed by atoms with van der Waals surface area (Å²) < 4.78 is 6.63. The highest BCUT2D eigenvalue weighted by molar-refractivity contribution is 9.10. The average molecular weight is 377 g/mol. The molecule has 1 fully saturated rings. The number of nitrogens with zero attached hydrogens (tertiary/aromatic N) is 2. The summed E-state index contributed by atoms with van der Waals surface area (Å²) in [7, 11) is 0. The molecule has 22 heavy (non-hydrogen) atoms. The van der Waals surface area contributed by atoms with Crippen LogP contribution in [0.1, 0.15) is 5.56 Å². The van der Waals surface area contributed by atoms with Gasteiger partial charge >= 0.3 is 0 Å². The summed E-state index contributed by atoms with van der Waals surface area (Å²) in [6.07, 6.45) is 8.74. The fourth-order valence-corrected chi connectivity index (χ4v) is 4.66. The Morgan fingerprint density at radius 2 is 1.86 bits per heavy atom. The van der Waals surface area contributed by atoms with E-state index >= 15 is 0 Å². The second-order valence-electron chi connectivity index (χ2n) is 5.46. The fraction of sp³-hybridized carbons (Fsp3) is 0.294. The van der Waals surface area contributed by atoms with E-state index in [1.54, 1.807) is 0 Å². The molecule has 0 saturated carbocycles. The summed E-state index contributed by atoms with van der Waals surface area (Å²) in [5.41, 5.74) is 2.50. The number of morpholine rings is 1. The zero-order chi connectivity index (χ0) is 15.0. The molecule has 3 aliphatic heterocycles. The number of fused-ring (bicyclic) bond motifs is 1. The molecule has 0 bridgehead atoms. The Labute approximate surface area is 143 Å². The van der Waals surface area contributed by atoms with Gasteiger partial charge in [-0.2, -0.15) is 0 Å². The number of rotatable bonds is 2. The highest BCUT2D eigenvalue weighted by atomic mass is 79.9. The lowest BCUT2D eigenvalue weighted by Crippen LogP contribution is -2.56. The Morgan fingerprint density at radius 3 is 2.64 bits per heavy atom. The summed E-state index contributed by atoms with van der Waals surface area (Å²) in [5.74, 6) is 0. The molecule has 0 N–H and O–H groups in total. The molecule has 4 rings (SSSR count). The van der Waals surface area contributed by atoms with Crippen molar-refractivity contribution in [2.24, 2.45) is 0 Å². The van der Waals surface area contributed by atoms with E-state index in [2.05, 4.69) is 79.8 Å². The monoisotopic (exact) mass is 376 g/mol. The quantitative estimate of drug-likeness (QED) is 0.777. The Hall–Kier alpha value is -1.01. The molecule has 3 heterocycles. The van der Waals surface area contributed by atoms with E-state index in [0.29, 0.717) is 0 Å². The second kappa shape index (κ2) is 5.89. The van der Waals surface area contributed by atoms with E-state index < -0.39 is 0 Å². The van der Waals surface area contributed by atoms with Crippen molar-refractivity contribution in [2.45, 2.75) is 4.99 Å². The Morgan fingerprint density at radius 1 is 1.09 bits per heavy atom. The maximum absolute atomic E-state index is 5.53. The van der Waals surface area contributed by atoms with E-state index in [1.165, 1.54) is 11.3 Å². The van der Waals surface area contributed by atoms with Crippen LogP contribution >= 0.6 is 27.7 Å². The fourth-order valence-electron chi connectivity index (χ4n) is 3.10. The predicted octanol–water partition coefficient (Wildman–Crippen LogP) is 3.87. The van der Waals surface area contributed by atoms with Gasteiger partial charge < -0.3 is 9.64 Å². The topological polar surface area (TPSA) is 15.7 Å². The maximum Gasteiger partial charge on any atom is 0.169 e. The first-order valence-corrected chi connectivity index (χ1v) is 9.09. The molecule has 1 aromatic rings. The third-order valence-electron chi connectivity index (χ3n) is 4.21. The highest BCUT2D eigenvalue weighted by Gasteiger charge is 2.46. The molecule has 1 saturated heterocycles. The van der Waals surface area contributed by atoms with Crippen LogP contribution in [-0.2, 0) is 4.74 Å². The average Bonchev–Trinajstić information content (AvgIpc) is 2.97. The zero-order valence-electron chi connectivity index (χ0n) is 12.1. The molecule has 0 spiro atoms. The van der Waals surface area contributed by atoms with Crippen LogP contribution in [0, 0.1) is 0 Å². The molecule has 0 radical (unpaired) electrons. The van der Waals surface area contributed by atoms with E-state index in [9.17, 15) is 0 Å². The molecule has 5 heteroatoms. The third-order valence-corrected chi connectivity index (χ3v) is 6.02. The van der Waals surface area contributed by atoms with Gasteiger partial charge in [-0.3, -0.25) is 4.90 Å². The number of benzene rings is 1. The van der Waals surface area contributed by atoms with E-state index in [1.807, 2.05) is 11.8 Å². The van der Waals surface area contributed by atoms with Gasteiger partial charge in [0.05, 0.1) is 18.9 Å². The van der Waals surface area contributed by atoms with Gasteiger partial charge in [-0.25, -0.2) is 0 Å². The normalized spacial score (nSPS) is 27.9. The minimum Gasteiger partial charge on any atom is -0.379 e. The van der Waals surface area contributed by atoms with Crippen LogP contribution in [-0.4, -0.2) is 41.1 Å². The van der Waals surface area contributed by atoms with Crippen LogP contribution < -0.4 is 0 Å². The van der Waals surface area contributed by atoms with Crippen molar-refractivity contribution < 1.29 is 4.74 Å². The molecule has 1 atom stereocenters. The van der Waals surface area contributed by atoms with Gasteiger partial charge in [0.2, 0.25) is 0 Å². The maximum atomic E-state index is 5.53. The first-order valence-electron chi connectivity index (χ1n) is 7.42. The van der Waals surface area contributed by atoms with Gasteiger partial charge in [0.15, 0.2) is 4.99 Å². The van der Waals surface area contributed by atoms with Crippen molar-refractivity contribution in [3.05, 3.63) is 64.1 Å². The molecular formula is C17H17BrN2OS. The molecular weight excluding hydrogens is 360 g/mol. The van der Waals surface area contributed by atoms with Crippen molar-refractivity contribution in [3.8, 4) is 0 Å². The lowest BCUT2D eigenvalue weighted by Gasteiger charge is -2.47. The van der Waals surface area contributed by atoms with Gasteiger partial charge in [-0.15, -0.1) is 0 Å². The van der Waals surface area contributed by atoms with Crippen LogP contribution in [0.2, 0.25) is 0 Å². The van der Waals surface area contributed by atoms with Crippen molar-refractivity contribution in [2.75, 3.05) is 26.3 Å². The molecule has 3 nitrogen and oxygen atoms in total. The first-order chi connectivity index (χ1) is 10.8. The number of hydrogen-bond donors (Lipinski definition) is 0. The predicted molar refractivity (Wildman–Crippen MR) is 95.0 cm³/mol. The van der Waals surface area contributed by atoms with E-state index in [-0.39, 0.29) is 4.99 Å². The molecule has 1 unspecified atom stereocenters. The number of thioether (sulfide) groups is 1. The highest BCUT2D eigenvalue weighted by Crippen LogP contribution is 2.49. The van der Waals surface area contributed by atoms with Gasteiger partial charge in [0.1, 0.15) is 0 Å². The first kappa shape index (κ1) is 14.6. The molecule has 1 aromatic carbocycles. The SMILES string of the molecule is Brc1ccc(C2=CSC3(N4CCOCC4)C=CC=CN23)cc1. The number of ether oxygens (including phenoxy) is 1. The molecule has 114 valence electrons. The largest absolute Gasteiger partial charge is 0.379 e. The number of hydrogen-bond acceptors (Lipinski definition) is 4. The van der Waals surface area contributed by atoms with Crippen molar-refractivity contribution in [1.82, 2.24) is 9.80 Å². The summed E-state index contributed by atoms with van der Waals surface area (Å²) >= 11 is 5.38. The lowest BCUT2D eigenvalue weighted by atomic mass is 10.1. The second-order valence-corrected chi connectivity index (χ2v) is 7.44. The Balaban J connectivity index is 1.68. The van der Waals surface area contributed by atoms with Gasteiger partial charge in [0.25, 0.3) is 0 Å². The molecule has 3 aliphatic rings. The minimum absolute atomic E-state index is 0.138. The summed E-state index contributed by atoms with van der Waals surface area (Å²) in [4.78, 5) is 4.75. The van der Waals surface area contributed by atoms with E-state index in [0.717, 1.165) is 30.8 Å². The van der Waals surface area contributed by atoms with E-state index in [4.69, 9.17) is 4.74 Å². The van der Waals surface area contributed by atoms with Crippen molar-refractivity contribution in [1.29, 1.82) is 0 Å². The number of allylic oxidation sites excluding steroid dienone is 2. The van der Waals surface area contributed by atoms with Crippen LogP contribution in [0.5, 0.6) is 0 Å². The summed E-state index contributed by atoms with van der Waals surface area (Å²) in [6, 6.07) is 8.52. The standard InChI is InChI=1S/C17H17BrN2OS/c18-15-5-3-14(4-6-15)16-13-22-17(7-1-2-8-20(16)17)19-9-11-21-12-10-19/h1-8,13H,9-12H2. The summed E-state index contributed by atoms with van der Waals surface area (Å²) in [5, 5.41) is 2.28. The van der Waals surface area contributed by atoms with Crippen LogP contribution in [0.4, 0.5) is 0 Å². The van der Waals surface area contributed by atoms with Crippen LogP contribution in [0.15, 0.2) is 58.6 Å². The summed E-state index contributed by atoms with van der Waals surface area (Å²) in [6.45, 7) is 3.54. The Bertz CT molecular complexity index is 649. The van der Waals surface area contributed by atoms with Crippen LogP contribution in [0.25, 0.3) is 5.70 Å². The Kier molecular flexibility index (Phi) is 3.90. The number of halogens is 1. The van der Waals surface area contributed by atoms with Crippen LogP contribution in [0.3, 0.4) is 0 Å². The minimum atomic E-state index is -0.138. The smallest absolute Gasteiger partial charge is 0.169 e. The molecule has 0 aromatic heterocycles. The third kappa shape index (κ3) is 2.36. The van der Waals surface area contributed by atoms with Crippen molar-refractivity contribution >= 4 is 33.4 Å². The molecule has 0 amide bonds.